The second kappa shape index (κ2) is 9.02. The lowest BCUT2D eigenvalue weighted by atomic mass is 9.38. The van der Waals surface area contributed by atoms with Crippen molar-refractivity contribution in [3.8, 4) is 0 Å². The molecule has 5 nitrogen and oxygen atoms in total. The smallest absolute Gasteiger partial charge is 0.115 e. The monoisotopic (exact) mass is 528 g/mol. The normalized spacial score (nSPS) is 59.4. The molecular weight excluding hydrogens is 476 g/mol. The lowest BCUT2D eigenvalue weighted by Gasteiger charge is -2.67. The van der Waals surface area contributed by atoms with Crippen LogP contribution in [0.4, 0.5) is 0 Å². The molecule has 3 N–H and O–H groups in total. The molecule has 0 aromatic rings. The summed E-state index contributed by atoms with van der Waals surface area (Å²) >= 11 is 0. The Hall–Kier alpha value is -0.460. The van der Waals surface area contributed by atoms with Crippen molar-refractivity contribution in [3.05, 3.63) is 11.6 Å². The maximum atomic E-state index is 11.1. The molecule has 0 radical (unpaired) electrons. The van der Waals surface area contributed by atoms with E-state index in [0.717, 1.165) is 12.8 Å². The highest BCUT2D eigenvalue weighted by molar-refractivity contribution is 5.29. The third-order valence-corrected chi connectivity index (χ3v) is 14.1. The molecule has 15 atom stereocenters. The second-order valence-corrected chi connectivity index (χ2v) is 15.6. The molecule has 0 amide bonds. The van der Waals surface area contributed by atoms with Crippen LogP contribution in [-0.4, -0.2) is 58.6 Å². The number of fused-ring (bicyclic) bond motifs is 8. The summed E-state index contributed by atoms with van der Waals surface area (Å²) in [6.07, 6.45) is 14.3. The predicted molar refractivity (Wildman–Crippen MR) is 146 cm³/mol. The van der Waals surface area contributed by atoms with Gasteiger partial charge in [0, 0.05) is 0 Å². The summed E-state index contributed by atoms with van der Waals surface area (Å²) in [6.45, 7) is 10.0. The fourth-order valence-electron chi connectivity index (χ4n) is 12.2. The Bertz CT molecular complexity index is 965. The molecule has 6 fully saturated rings. The van der Waals surface area contributed by atoms with E-state index in [1.165, 1.54) is 57.8 Å². The molecule has 4 saturated carbocycles. The van der Waals surface area contributed by atoms with E-state index in [2.05, 4.69) is 33.8 Å². The summed E-state index contributed by atoms with van der Waals surface area (Å²) in [5, 5.41) is 31.7. The first kappa shape index (κ1) is 26.4. The van der Waals surface area contributed by atoms with E-state index in [-0.39, 0.29) is 42.5 Å². The number of aliphatic hydroxyl groups is 3. The Balaban J connectivity index is 1.20. The van der Waals surface area contributed by atoms with Crippen molar-refractivity contribution in [1.82, 2.24) is 0 Å². The van der Waals surface area contributed by atoms with E-state index in [1.54, 1.807) is 5.57 Å². The molecule has 214 valence electrons. The van der Waals surface area contributed by atoms with E-state index in [9.17, 15) is 15.3 Å². The second-order valence-electron chi connectivity index (χ2n) is 15.6. The molecule has 15 unspecified atom stereocenters. The van der Waals surface area contributed by atoms with Crippen molar-refractivity contribution in [1.29, 1.82) is 0 Å². The first-order valence-corrected chi connectivity index (χ1v) is 16.1. The van der Waals surface area contributed by atoms with E-state index in [0.29, 0.717) is 46.3 Å². The highest BCUT2D eigenvalue weighted by Crippen LogP contribution is 2.71. The van der Waals surface area contributed by atoms with Gasteiger partial charge in [0.2, 0.25) is 0 Å². The largest absolute Gasteiger partial charge is 0.394 e. The third-order valence-electron chi connectivity index (χ3n) is 14.1. The van der Waals surface area contributed by atoms with Crippen LogP contribution in [0.5, 0.6) is 0 Å². The van der Waals surface area contributed by atoms with Crippen molar-refractivity contribution < 1.29 is 24.8 Å². The van der Waals surface area contributed by atoms with Crippen molar-refractivity contribution in [2.24, 2.45) is 51.8 Å². The van der Waals surface area contributed by atoms with Crippen LogP contribution >= 0.6 is 0 Å². The Morgan fingerprint density at radius 2 is 1.68 bits per heavy atom. The average molecular weight is 529 g/mol. The van der Waals surface area contributed by atoms with E-state index < -0.39 is 6.10 Å². The summed E-state index contributed by atoms with van der Waals surface area (Å²) in [6, 6.07) is 0. The first-order chi connectivity index (χ1) is 18.1. The molecule has 5 aliphatic carbocycles. The van der Waals surface area contributed by atoms with E-state index >= 15 is 0 Å². The summed E-state index contributed by atoms with van der Waals surface area (Å²) in [7, 11) is 0. The van der Waals surface area contributed by atoms with Gasteiger partial charge < -0.3 is 24.8 Å². The van der Waals surface area contributed by atoms with Crippen LogP contribution in [0.15, 0.2) is 11.6 Å². The highest BCUT2D eigenvalue weighted by Gasteiger charge is 2.64. The molecule has 5 heteroatoms. The maximum absolute atomic E-state index is 11.1. The fourth-order valence-corrected chi connectivity index (χ4v) is 12.2. The van der Waals surface area contributed by atoms with Crippen LogP contribution in [0.25, 0.3) is 0 Å². The predicted octanol–water partition coefficient (Wildman–Crippen LogP) is 5.26. The molecule has 0 aromatic carbocycles. The quantitative estimate of drug-likeness (QED) is 0.344. The Labute approximate surface area is 229 Å². The molecule has 38 heavy (non-hydrogen) atoms. The van der Waals surface area contributed by atoms with Crippen molar-refractivity contribution >= 4 is 0 Å². The molecule has 7 aliphatic rings. The fraction of sp³-hybridized carbons (Fsp3) is 0.939. The first-order valence-electron chi connectivity index (χ1n) is 16.1. The molecule has 0 aromatic heterocycles. The minimum atomic E-state index is -0.575. The topological polar surface area (TPSA) is 82.5 Å². The SMILES string of the molecule is CC1CCCC2(CC3OC(CO)C4OC4C3O)CCC3C(=CCC4C3(C)CCC3C(C)C(O)CCC34C)C12. The molecule has 2 saturated heterocycles. The zero-order valence-electron chi connectivity index (χ0n) is 24.1. The summed E-state index contributed by atoms with van der Waals surface area (Å²) in [5.74, 6) is 3.68. The molecule has 7 rings (SSSR count). The van der Waals surface area contributed by atoms with Gasteiger partial charge in [0.15, 0.2) is 0 Å². The molecule has 2 aliphatic heterocycles. The molecular formula is C33H52O5. The van der Waals surface area contributed by atoms with Gasteiger partial charge in [-0.25, -0.2) is 0 Å². The van der Waals surface area contributed by atoms with Crippen molar-refractivity contribution in [3.63, 3.8) is 0 Å². The van der Waals surface area contributed by atoms with E-state index in [1.807, 2.05) is 0 Å². The van der Waals surface area contributed by atoms with Gasteiger partial charge in [0.05, 0.1) is 18.8 Å². The van der Waals surface area contributed by atoms with Crippen molar-refractivity contribution in [2.75, 3.05) is 6.61 Å². The molecule has 2 heterocycles. The van der Waals surface area contributed by atoms with Crippen LogP contribution in [0.2, 0.25) is 0 Å². The van der Waals surface area contributed by atoms with Gasteiger partial charge in [-0.3, -0.25) is 0 Å². The van der Waals surface area contributed by atoms with E-state index in [4.69, 9.17) is 9.47 Å². The summed E-state index contributed by atoms with van der Waals surface area (Å²) in [5.41, 5.74) is 2.62. The Kier molecular flexibility index (Phi) is 6.27. The standard InChI is InChI=1S/C33H52O5/c1-18-6-5-12-33(16-24-28(36)30-29(38-30)25(17-34)37-24)15-10-22-20(27(18)33)7-8-26-31(3)14-11-23(35)19(2)21(31)9-13-32(22,26)4/h7,18-19,21-30,34-36H,5-6,8-17H2,1-4H3. The zero-order valence-corrected chi connectivity index (χ0v) is 24.1. The van der Waals surface area contributed by atoms with Crippen molar-refractivity contribution in [2.45, 2.75) is 135 Å². The minimum Gasteiger partial charge on any atom is -0.394 e. The van der Waals surface area contributed by atoms with Gasteiger partial charge in [-0.2, -0.15) is 0 Å². The number of rotatable bonds is 3. The van der Waals surface area contributed by atoms with Crippen LogP contribution in [0, 0.1) is 51.8 Å². The summed E-state index contributed by atoms with van der Waals surface area (Å²) < 4.78 is 12.1. The van der Waals surface area contributed by atoms with Gasteiger partial charge >= 0.3 is 0 Å². The van der Waals surface area contributed by atoms with Gasteiger partial charge in [0.25, 0.3) is 0 Å². The number of allylic oxidation sites excluding steroid dienone is 2. The minimum absolute atomic E-state index is 0.0282. The van der Waals surface area contributed by atoms with Gasteiger partial charge in [-0.05, 0) is 110 Å². The number of hydrogen-bond donors (Lipinski definition) is 3. The van der Waals surface area contributed by atoms with Crippen LogP contribution < -0.4 is 0 Å². The number of ether oxygens (including phenoxy) is 2. The van der Waals surface area contributed by atoms with Gasteiger partial charge in [-0.1, -0.05) is 52.2 Å². The van der Waals surface area contributed by atoms with Crippen LogP contribution in [-0.2, 0) is 9.47 Å². The summed E-state index contributed by atoms with van der Waals surface area (Å²) in [4.78, 5) is 0. The third kappa shape index (κ3) is 3.60. The molecule has 0 bridgehead atoms. The highest BCUT2D eigenvalue weighted by atomic mass is 16.7. The van der Waals surface area contributed by atoms with Gasteiger partial charge in [0.1, 0.15) is 24.4 Å². The Morgan fingerprint density at radius 1 is 0.895 bits per heavy atom. The lowest BCUT2D eigenvalue weighted by molar-refractivity contribution is -0.165. The number of hydrogen-bond acceptors (Lipinski definition) is 5. The van der Waals surface area contributed by atoms with Crippen LogP contribution in [0.1, 0.15) is 98.3 Å². The Morgan fingerprint density at radius 3 is 2.47 bits per heavy atom. The van der Waals surface area contributed by atoms with Crippen LogP contribution in [0.3, 0.4) is 0 Å². The number of aliphatic hydroxyl groups excluding tert-OH is 3. The van der Waals surface area contributed by atoms with Gasteiger partial charge in [-0.15, -0.1) is 0 Å². The lowest BCUT2D eigenvalue weighted by Crippen LogP contribution is -2.60. The zero-order chi connectivity index (χ0) is 26.6. The number of epoxide rings is 1. The molecule has 0 spiro atoms. The maximum Gasteiger partial charge on any atom is 0.115 e. The average Bonchev–Trinajstić information content (AvgIpc) is 3.69.